The van der Waals surface area contributed by atoms with Crippen LogP contribution in [-0.2, 0) is 9.53 Å². The second-order valence-electron chi connectivity index (χ2n) is 6.50. The molecule has 0 aliphatic carbocycles. The van der Waals surface area contributed by atoms with E-state index in [4.69, 9.17) is 9.26 Å². The van der Waals surface area contributed by atoms with Crippen LogP contribution in [0.4, 0.5) is 5.82 Å². The number of rotatable bonds is 7. The van der Waals surface area contributed by atoms with E-state index in [0.29, 0.717) is 11.6 Å². The van der Waals surface area contributed by atoms with Gasteiger partial charge in [0.05, 0.1) is 6.61 Å². The summed E-state index contributed by atoms with van der Waals surface area (Å²) in [6, 6.07) is 11.3. The summed E-state index contributed by atoms with van der Waals surface area (Å²) in [6.45, 7) is 6.95. The third kappa shape index (κ3) is 4.69. The number of amides is 1. The lowest BCUT2D eigenvalue weighted by atomic mass is 10.0. The maximum atomic E-state index is 13.0. The van der Waals surface area contributed by atoms with Gasteiger partial charge in [-0.2, -0.15) is 0 Å². The van der Waals surface area contributed by atoms with Gasteiger partial charge in [-0.05, 0) is 12.5 Å². The first kappa shape index (κ1) is 18.6. The zero-order chi connectivity index (χ0) is 18.4. The van der Waals surface area contributed by atoms with E-state index in [1.54, 1.807) is 20.1 Å². The van der Waals surface area contributed by atoms with Gasteiger partial charge in [0, 0.05) is 45.9 Å². The van der Waals surface area contributed by atoms with Gasteiger partial charge in [0.2, 0.25) is 5.91 Å². The van der Waals surface area contributed by atoms with Crippen LogP contribution in [0, 0.1) is 6.92 Å². The zero-order valence-electron chi connectivity index (χ0n) is 15.4. The van der Waals surface area contributed by atoms with E-state index in [-0.39, 0.29) is 11.9 Å². The molecule has 140 valence electrons. The highest BCUT2D eigenvalue weighted by Gasteiger charge is 2.30. The molecule has 0 radical (unpaired) electrons. The number of piperazine rings is 1. The molecule has 1 aromatic carbocycles. The van der Waals surface area contributed by atoms with E-state index in [0.717, 1.165) is 44.9 Å². The minimum Gasteiger partial charge on any atom is -0.383 e. The molecule has 1 aromatic heterocycles. The number of carbonyl (C=O) groups is 1. The molecule has 0 saturated carbocycles. The monoisotopic (exact) mass is 358 g/mol. The predicted molar refractivity (Wildman–Crippen MR) is 98.9 cm³/mol. The van der Waals surface area contributed by atoms with E-state index >= 15 is 0 Å². The van der Waals surface area contributed by atoms with Crippen molar-refractivity contribution in [2.24, 2.45) is 0 Å². The molecule has 0 spiro atoms. The standard InChI is InChI=1S/C19H26N4O3/c1-15-14-17(21-26-15)20-19(24)18(16-6-4-3-5-7-16)23-10-8-22(9-11-23)12-13-25-2/h3-7,14,18H,8-13H2,1-2H3,(H,20,21,24)/t18-/m0/s1. The van der Waals surface area contributed by atoms with Crippen LogP contribution >= 0.6 is 0 Å². The lowest BCUT2D eigenvalue weighted by Gasteiger charge is -2.38. The summed E-state index contributed by atoms with van der Waals surface area (Å²) >= 11 is 0. The summed E-state index contributed by atoms with van der Waals surface area (Å²) in [6.07, 6.45) is 0. The zero-order valence-corrected chi connectivity index (χ0v) is 15.4. The highest BCUT2D eigenvalue weighted by Crippen LogP contribution is 2.24. The Bertz CT molecular complexity index is 696. The Labute approximate surface area is 153 Å². The molecule has 7 heteroatoms. The van der Waals surface area contributed by atoms with E-state index in [9.17, 15) is 4.79 Å². The molecule has 7 nitrogen and oxygen atoms in total. The van der Waals surface area contributed by atoms with Crippen LogP contribution < -0.4 is 5.32 Å². The number of ether oxygens (including phenoxy) is 1. The topological polar surface area (TPSA) is 70.8 Å². The number of hydrogen-bond donors (Lipinski definition) is 1. The molecular formula is C19H26N4O3. The molecule has 1 saturated heterocycles. The Morgan fingerprint density at radius 3 is 2.62 bits per heavy atom. The van der Waals surface area contributed by atoms with Gasteiger partial charge in [0.25, 0.3) is 0 Å². The van der Waals surface area contributed by atoms with Crippen LogP contribution in [0.3, 0.4) is 0 Å². The van der Waals surface area contributed by atoms with Crippen LogP contribution in [0.5, 0.6) is 0 Å². The minimum absolute atomic E-state index is 0.0881. The van der Waals surface area contributed by atoms with Crippen molar-refractivity contribution in [2.75, 3.05) is 51.8 Å². The summed E-state index contributed by atoms with van der Waals surface area (Å²) in [4.78, 5) is 17.6. The van der Waals surface area contributed by atoms with Crippen molar-refractivity contribution in [2.45, 2.75) is 13.0 Å². The Balaban J connectivity index is 1.71. The second kappa shape index (κ2) is 8.93. The number of aromatic nitrogens is 1. The maximum Gasteiger partial charge on any atom is 0.247 e. The van der Waals surface area contributed by atoms with Gasteiger partial charge in [0.1, 0.15) is 11.8 Å². The molecular weight excluding hydrogens is 332 g/mol. The number of nitrogens with one attached hydrogen (secondary N) is 1. The first-order valence-corrected chi connectivity index (χ1v) is 8.92. The number of carbonyl (C=O) groups excluding carboxylic acids is 1. The number of nitrogens with zero attached hydrogens (tertiary/aromatic N) is 3. The maximum absolute atomic E-state index is 13.0. The summed E-state index contributed by atoms with van der Waals surface area (Å²) in [5, 5.41) is 6.76. The third-order valence-corrected chi connectivity index (χ3v) is 4.63. The van der Waals surface area contributed by atoms with Gasteiger partial charge >= 0.3 is 0 Å². The summed E-state index contributed by atoms with van der Waals surface area (Å²) in [5.41, 5.74) is 0.982. The van der Waals surface area contributed by atoms with E-state index in [1.165, 1.54) is 0 Å². The predicted octanol–water partition coefficient (Wildman–Crippen LogP) is 1.93. The first-order valence-electron chi connectivity index (χ1n) is 8.92. The van der Waals surface area contributed by atoms with Crippen LogP contribution in [0.1, 0.15) is 17.4 Å². The van der Waals surface area contributed by atoms with Gasteiger partial charge in [-0.3, -0.25) is 14.6 Å². The first-order chi connectivity index (χ1) is 12.7. The van der Waals surface area contributed by atoms with Crippen molar-refractivity contribution in [3.8, 4) is 0 Å². The van der Waals surface area contributed by atoms with E-state index in [1.807, 2.05) is 30.3 Å². The van der Waals surface area contributed by atoms with Gasteiger partial charge < -0.3 is 14.6 Å². The molecule has 0 unspecified atom stereocenters. The van der Waals surface area contributed by atoms with Crippen LogP contribution in [0.15, 0.2) is 40.9 Å². The van der Waals surface area contributed by atoms with Crippen molar-refractivity contribution in [3.05, 3.63) is 47.7 Å². The van der Waals surface area contributed by atoms with Gasteiger partial charge in [-0.25, -0.2) is 0 Å². The summed E-state index contributed by atoms with van der Waals surface area (Å²) in [5.74, 6) is 1.03. The number of benzene rings is 1. The fourth-order valence-electron chi connectivity index (χ4n) is 3.25. The third-order valence-electron chi connectivity index (χ3n) is 4.63. The highest BCUT2D eigenvalue weighted by molar-refractivity contribution is 5.94. The lowest BCUT2D eigenvalue weighted by molar-refractivity contribution is -0.122. The van der Waals surface area contributed by atoms with Crippen LogP contribution in [0.2, 0.25) is 0 Å². The number of anilines is 1. The summed E-state index contributed by atoms with van der Waals surface area (Å²) in [7, 11) is 1.72. The Kier molecular flexibility index (Phi) is 6.38. The number of aryl methyl sites for hydroxylation is 1. The number of methoxy groups -OCH3 is 1. The lowest BCUT2D eigenvalue weighted by Crippen LogP contribution is -2.50. The Morgan fingerprint density at radius 1 is 1.27 bits per heavy atom. The molecule has 3 rings (SSSR count). The van der Waals surface area contributed by atoms with Gasteiger partial charge in [-0.1, -0.05) is 35.5 Å². The highest BCUT2D eigenvalue weighted by atomic mass is 16.5. The average molecular weight is 358 g/mol. The second-order valence-corrected chi connectivity index (χ2v) is 6.50. The smallest absolute Gasteiger partial charge is 0.247 e. The Hall–Kier alpha value is -2.22. The van der Waals surface area contributed by atoms with Crippen LogP contribution in [0.25, 0.3) is 0 Å². The molecule has 2 heterocycles. The summed E-state index contributed by atoms with van der Waals surface area (Å²) < 4.78 is 10.2. The van der Waals surface area contributed by atoms with Gasteiger partial charge in [-0.15, -0.1) is 0 Å². The van der Waals surface area contributed by atoms with E-state index < -0.39 is 0 Å². The largest absolute Gasteiger partial charge is 0.383 e. The fourth-order valence-corrected chi connectivity index (χ4v) is 3.25. The molecule has 0 bridgehead atoms. The molecule has 1 N–H and O–H groups in total. The van der Waals surface area contributed by atoms with Crippen LogP contribution in [-0.4, -0.2) is 67.3 Å². The minimum atomic E-state index is -0.349. The molecule has 1 atom stereocenters. The molecule has 1 fully saturated rings. The normalized spacial score (nSPS) is 17.2. The van der Waals surface area contributed by atoms with Crippen molar-refractivity contribution in [3.63, 3.8) is 0 Å². The molecule has 1 aliphatic heterocycles. The van der Waals surface area contributed by atoms with Crippen molar-refractivity contribution < 1.29 is 14.1 Å². The van der Waals surface area contributed by atoms with E-state index in [2.05, 4.69) is 20.3 Å². The van der Waals surface area contributed by atoms with Crippen molar-refractivity contribution in [1.82, 2.24) is 15.0 Å². The van der Waals surface area contributed by atoms with Crippen molar-refractivity contribution >= 4 is 11.7 Å². The Morgan fingerprint density at radius 2 is 2.00 bits per heavy atom. The fraction of sp³-hybridized carbons (Fsp3) is 0.474. The SMILES string of the molecule is COCCN1CCN([C@H](C(=O)Nc2cc(C)on2)c2ccccc2)CC1. The number of hydrogen-bond acceptors (Lipinski definition) is 6. The quantitative estimate of drug-likeness (QED) is 0.815. The molecule has 1 aliphatic rings. The molecule has 26 heavy (non-hydrogen) atoms. The van der Waals surface area contributed by atoms with Crippen molar-refractivity contribution in [1.29, 1.82) is 0 Å². The molecule has 2 aromatic rings. The van der Waals surface area contributed by atoms with Gasteiger partial charge in [0.15, 0.2) is 5.82 Å². The molecule has 1 amide bonds. The average Bonchev–Trinajstić information content (AvgIpc) is 3.07.